The Balaban J connectivity index is 1.57. The number of hydrogen-bond donors (Lipinski definition) is 2. The molecule has 0 radical (unpaired) electrons. The topological polar surface area (TPSA) is 111 Å². The summed E-state index contributed by atoms with van der Waals surface area (Å²) in [4.78, 5) is 30.0. The normalized spacial score (nSPS) is 17.8. The average Bonchev–Trinajstić information content (AvgIpc) is 3.40. The number of imidazole rings is 1. The van der Waals surface area contributed by atoms with Gasteiger partial charge >= 0.3 is 12.1 Å². The molecule has 5 rings (SSSR count). The molecule has 1 aromatic carbocycles. The molecule has 0 fully saturated rings. The number of nitrogens with zero attached hydrogens (tertiary/aromatic N) is 5. The van der Waals surface area contributed by atoms with Crippen molar-refractivity contribution >= 4 is 45.8 Å². The standard InChI is InChI=1S/C23H17F5IN7O/c1-21(11-2-4-12(29)5-3-11)15-16(30)33-17(34-18(15)35-20(21)37)14-10-36-9-8-31-19(36)13(32-14)6-7-22(24,25)23(26,27)28/h2-5,8-10H,6-7H2,1H3,(H3,30,33,34,35,37). The molecule has 37 heavy (non-hydrogen) atoms. The fraction of sp³-hybridized carbons (Fsp3) is 0.261. The molecule has 1 atom stereocenters. The fourth-order valence-electron chi connectivity index (χ4n) is 4.27. The van der Waals surface area contributed by atoms with Gasteiger partial charge in [0.05, 0.1) is 11.3 Å². The summed E-state index contributed by atoms with van der Waals surface area (Å²) in [5.41, 5.74) is 6.26. The van der Waals surface area contributed by atoms with Crippen molar-refractivity contribution in [3.63, 3.8) is 0 Å². The van der Waals surface area contributed by atoms with Gasteiger partial charge < -0.3 is 15.5 Å². The van der Waals surface area contributed by atoms with E-state index in [2.05, 4.69) is 47.8 Å². The van der Waals surface area contributed by atoms with Crippen LogP contribution in [0.3, 0.4) is 0 Å². The van der Waals surface area contributed by atoms with E-state index in [0.717, 1.165) is 3.57 Å². The molecule has 0 bridgehead atoms. The molecule has 0 aliphatic carbocycles. The van der Waals surface area contributed by atoms with E-state index in [-0.39, 0.29) is 40.4 Å². The molecular formula is C23H17F5IN7O. The number of fused-ring (bicyclic) bond motifs is 2. The SMILES string of the molecule is CC1(c2ccc(I)cc2)C(=O)Nc2nc(-c3cn4ccnc4c(CCC(F)(F)C(F)(F)F)n3)nc(N)c21. The van der Waals surface area contributed by atoms with Crippen molar-refractivity contribution in [2.75, 3.05) is 11.1 Å². The van der Waals surface area contributed by atoms with Crippen LogP contribution in [-0.2, 0) is 16.6 Å². The summed E-state index contributed by atoms with van der Waals surface area (Å²) in [6.07, 6.45) is -3.61. The maximum Gasteiger partial charge on any atom is 0.453 e. The zero-order chi connectivity index (χ0) is 26.8. The van der Waals surface area contributed by atoms with E-state index in [1.165, 1.54) is 23.0 Å². The lowest BCUT2D eigenvalue weighted by atomic mass is 9.78. The number of rotatable bonds is 5. The summed E-state index contributed by atoms with van der Waals surface area (Å²) >= 11 is 2.15. The Morgan fingerprint density at radius 1 is 1.11 bits per heavy atom. The van der Waals surface area contributed by atoms with Gasteiger partial charge in [-0.05, 0) is 53.6 Å². The van der Waals surface area contributed by atoms with Gasteiger partial charge in [0.1, 0.15) is 22.7 Å². The molecule has 0 saturated carbocycles. The summed E-state index contributed by atoms with van der Waals surface area (Å²) < 4.78 is 67.6. The Hall–Kier alpha value is -3.43. The number of benzene rings is 1. The molecule has 1 amide bonds. The molecule has 1 aliphatic heterocycles. The highest BCUT2D eigenvalue weighted by Gasteiger charge is 2.56. The minimum absolute atomic E-state index is 0.00270. The van der Waals surface area contributed by atoms with Crippen LogP contribution in [0.4, 0.5) is 33.6 Å². The minimum atomic E-state index is -5.68. The van der Waals surface area contributed by atoms with Crippen LogP contribution in [0.15, 0.2) is 42.9 Å². The first-order chi connectivity index (χ1) is 17.3. The molecule has 0 saturated heterocycles. The Bertz CT molecular complexity index is 1540. The second-order valence-electron chi connectivity index (χ2n) is 8.68. The number of hydrogen-bond acceptors (Lipinski definition) is 6. The van der Waals surface area contributed by atoms with E-state index in [1.54, 1.807) is 19.1 Å². The molecule has 8 nitrogen and oxygen atoms in total. The third kappa shape index (κ3) is 4.16. The minimum Gasteiger partial charge on any atom is -0.383 e. The number of aryl methyl sites for hydroxylation is 1. The lowest BCUT2D eigenvalue weighted by molar-refractivity contribution is -0.284. The van der Waals surface area contributed by atoms with Crippen LogP contribution in [0.2, 0.25) is 0 Å². The highest BCUT2D eigenvalue weighted by atomic mass is 127. The molecule has 4 aromatic rings. The molecule has 1 unspecified atom stereocenters. The number of nitrogens with one attached hydrogen (secondary N) is 1. The van der Waals surface area contributed by atoms with E-state index in [4.69, 9.17) is 5.73 Å². The third-order valence-corrected chi connectivity index (χ3v) is 7.03. The number of aromatic nitrogens is 5. The Labute approximate surface area is 219 Å². The van der Waals surface area contributed by atoms with Crippen molar-refractivity contribution in [2.24, 2.45) is 0 Å². The number of carbonyl (C=O) groups excluding carboxylic acids is 1. The number of amides is 1. The van der Waals surface area contributed by atoms with Gasteiger partial charge in [0.15, 0.2) is 11.5 Å². The van der Waals surface area contributed by atoms with Gasteiger partial charge in [0.25, 0.3) is 0 Å². The number of halogens is 6. The molecular weight excluding hydrogens is 612 g/mol. The summed E-state index contributed by atoms with van der Waals surface area (Å²) in [6.45, 7) is 1.70. The second kappa shape index (κ2) is 8.56. The fourth-order valence-corrected chi connectivity index (χ4v) is 4.63. The number of anilines is 2. The Kier molecular flexibility index (Phi) is 5.84. The number of nitrogens with two attached hydrogens (primary N) is 1. The first-order valence-electron chi connectivity index (χ1n) is 10.8. The van der Waals surface area contributed by atoms with Crippen LogP contribution in [-0.4, -0.2) is 42.3 Å². The molecule has 3 aromatic heterocycles. The molecule has 3 N–H and O–H groups in total. The maximum absolute atomic E-state index is 13.6. The van der Waals surface area contributed by atoms with E-state index in [1.807, 2.05) is 12.1 Å². The van der Waals surface area contributed by atoms with E-state index in [9.17, 15) is 26.7 Å². The molecule has 1 aliphatic rings. The molecule has 14 heteroatoms. The van der Waals surface area contributed by atoms with Crippen molar-refractivity contribution in [2.45, 2.75) is 37.3 Å². The second-order valence-corrected chi connectivity index (χ2v) is 9.92. The monoisotopic (exact) mass is 629 g/mol. The van der Waals surface area contributed by atoms with Crippen LogP contribution >= 0.6 is 22.6 Å². The first-order valence-corrected chi connectivity index (χ1v) is 11.9. The average molecular weight is 629 g/mol. The molecule has 4 heterocycles. The van der Waals surface area contributed by atoms with Crippen molar-refractivity contribution < 1.29 is 26.7 Å². The predicted molar refractivity (Wildman–Crippen MR) is 132 cm³/mol. The third-order valence-electron chi connectivity index (χ3n) is 6.31. The summed E-state index contributed by atoms with van der Waals surface area (Å²) in [7, 11) is 0. The smallest absolute Gasteiger partial charge is 0.383 e. The van der Waals surface area contributed by atoms with E-state index in [0.29, 0.717) is 11.1 Å². The van der Waals surface area contributed by atoms with Gasteiger partial charge in [-0.1, -0.05) is 12.1 Å². The number of nitrogen functional groups attached to an aromatic ring is 1. The predicted octanol–water partition coefficient (Wildman–Crippen LogP) is 4.76. The van der Waals surface area contributed by atoms with Crippen molar-refractivity contribution in [1.29, 1.82) is 0 Å². The van der Waals surface area contributed by atoms with Gasteiger partial charge in [0, 0.05) is 28.6 Å². The van der Waals surface area contributed by atoms with Crippen molar-refractivity contribution in [1.82, 2.24) is 24.3 Å². The first kappa shape index (κ1) is 25.2. The maximum atomic E-state index is 13.6. The Morgan fingerprint density at radius 2 is 1.81 bits per heavy atom. The Morgan fingerprint density at radius 3 is 2.49 bits per heavy atom. The van der Waals surface area contributed by atoms with Gasteiger partial charge in [-0.2, -0.15) is 22.0 Å². The lowest BCUT2D eigenvalue weighted by Gasteiger charge is -2.23. The molecule has 0 spiro atoms. The van der Waals surface area contributed by atoms with Crippen LogP contribution in [0.1, 0.15) is 30.2 Å². The number of carbonyl (C=O) groups is 1. The largest absolute Gasteiger partial charge is 0.453 e. The van der Waals surface area contributed by atoms with Gasteiger partial charge in [-0.15, -0.1) is 0 Å². The van der Waals surface area contributed by atoms with Crippen LogP contribution in [0.25, 0.3) is 17.2 Å². The van der Waals surface area contributed by atoms with Crippen LogP contribution in [0, 0.1) is 3.57 Å². The molecule has 192 valence electrons. The van der Waals surface area contributed by atoms with Gasteiger partial charge in [-0.25, -0.2) is 19.9 Å². The highest BCUT2D eigenvalue weighted by molar-refractivity contribution is 14.1. The van der Waals surface area contributed by atoms with Crippen molar-refractivity contribution in [3.8, 4) is 11.5 Å². The van der Waals surface area contributed by atoms with Crippen molar-refractivity contribution in [3.05, 3.63) is 63.2 Å². The summed E-state index contributed by atoms with van der Waals surface area (Å²) in [5, 5.41) is 2.72. The quantitative estimate of drug-likeness (QED) is 0.244. The van der Waals surface area contributed by atoms with Crippen LogP contribution in [0.5, 0.6) is 0 Å². The van der Waals surface area contributed by atoms with Gasteiger partial charge in [0.2, 0.25) is 5.91 Å². The van der Waals surface area contributed by atoms with E-state index < -0.39 is 30.4 Å². The zero-order valence-electron chi connectivity index (χ0n) is 18.9. The summed E-state index contributed by atoms with van der Waals surface area (Å²) in [6, 6.07) is 7.32. The van der Waals surface area contributed by atoms with Crippen LogP contribution < -0.4 is 11.1 Å². The zero-order valence-corrected chi connectivity index (χ0v) is 21.1. The highest BCUT2D eigenvalue weighted by Crippen LogP contribution is 2.45. The van der Waals surface area contributed by atoms with Gasteiger partial charge in [-0.3, -0.25) is 4.79 Å². The van der Waals surface area contributed by atoms with E-state index >= 15 is 0 Å². The summed E-state index contributed by atoms with van der Waals surface area (Å²) in [5.74, 6) is -5.14. The lowest BCUT2D eigenvalue weighted by Crippen LogP contribution is -2.36. The number of alkyl halides is 5.